The summed E-state index contributed by atoms with van der Waals surface area (Å²) in [6.45, 7) is 0. The first kappa shape index (κ1) is 10.9. The maximum Gasteiger partial charge on any atom is 0.458 e. The Morgan fingerprint density at radius 2 is 2.00 bits per heavy atom. The Balaban J connectivity index is 3.28. The second-order valence-corrected chi connectivity index (χ2v) is 3.20. The molecular formula is C6H2BrF3N2O2. The summed E-state index contributed by atoms with van der Waals surface area (Å²) in [7, 11) is 0. The molecule has 0 amide bonds. The van der Waals surface area contributed by atoms with Crippen molar-refractivity contribution in [1.29, 1.82) is 0 Å². The number of nitrogens with zero attached hydrogens (tertiary/aromatic N) is 2. The first-order chi connectivity index (χ1) is 6.30. The van der Waals surface area contributed by atoms with E-state index < -0.39 is 22.6 Å². The summed E-state index contributed by atoms with van der Waals surface area (Å²) >= 11 is 2.73. The minimum atomic E-state index is -4.69. The standard InChI is InChI=1S/C6H2BrF3N2O2/c7-3-1-4(6(8,9)10)11-5(2-3)12(13)14/h1-2H. The second kappa shape index (κ2) is 3.52. The summed E-state index contributed by atoms with van der Waals surface area (Å²) in [6.07, 6.45) is -4.69. The monoisotopic (exact) mass is 270 g/mol. The van der Waals surface area contributed by atoms with Gasteiger partial charge in [-0.05, 0) is 9.91 Å². The Morgan fingerprint density at radius 1 is 1.43 bits per heavy atom. The smallest absolute Gasteiger partial charge is 0.358 e. The SMILES string of the molecule is O=[N+]([O-])c1cc(Br)cc(C(F)(F)F)n1. The van der Waals surface area contributed by atoms with Crippen LogP contribution in [0.5, 0.6) is 0 Å². The molecule has 0 aliphatic carbocycles. The van der Waals surface area contributed by atoms with Crippen molar-refractivity contribution in [3.8, 4) is 0 Å². The molecule has 0 unspecified atom stereocenters. The predicted octanol–water partition coefficient (Wildman–Crippen LogP) is 2.77. The third kappa shape index (κ3) is 2.41. The number of rotatable bonds is 1. The summed E-state index contributed by atoms with van der Waals surface area (Å²) in [5.41, 5.74) is -1.29. The van der Waals surface area contributed by atoms with Gasteiger partial charge in [-0.3, -0.25) is 0 Å². The van der Waals surface area contributed by atoms with Crippen LogP contribution in [-0.4, -0.2) is 9.91 Å². The van der Waals surface area contributed by atoms with Crippen molar-refractivity contribution in [3.63, 3.8) is 0 Å². The number of nitro groups is 1. The van der Waals surface area contributed by atoms with E-state index in [1.54, 1.807) is 0 Å². The lowest BCUT2D eigenvalue weighted by atomic mass is 10.3. The van der Waals surface area contributed by atoms with Crippen LogP contribution in [0, 0.1) is 10.1 Å². The first-order valence-corrected chi connectivity index (χ1v) is 3.99. The zero-order chi connectivity index (χ0) is 10.9. The van der Waals surface area contributed by atoms with Crippen molar-refractivity contribution in [2.24, 2.45) is 0 Å². The molecule has 8 heteroatoms. The minimum absolute atomic E-state index is 0.0356. The van der Waals surface area contributed by atoms with Gasteiger partial charge in [-0.1, -0.05) is 15.9 Å². The van der Waals surface area contributed by atoms with Gasteiger partial charge in [0.2, 0.25) is 0 Å². The Hall–Kier alpha value is -1.18. The summed E-state index contributed by atoms with van der Waals surface area (Å²) in [4.78, 5) is 12.1. The van der Waals surface area contributed by atoms with Gasteiger partial charge in [0, 0.05) is 10.5 Å². The molecule has 1 heterocycles. The zero-order valence-electron chi connectivity index (χ0n) is 6.38. The largest absolute Gasteiger partial charge is 0.458 e. The highest BCUT2D eigenvalue weighted by Crippen LogP contribution is 2.31. The number of hydrogen-bond acceptors (Lipinski definition) is 3. The van der Waals surface area contributed by atoms with Crippen LogP contribution >= 0.6 is 15.9 Å². The van der Waals surface area contributed by atoms with Crippen molar-refractivity contribution < 1.29 is 18.1 Å². The van der Waals surface area contributed by atoms with Gasteiger partial charge in [0.05, 0.1) is 6.07 Å². The Kier molecular flexibility index (Phi) is 2.74. The molecule has 14 heavy (non-hydrogen) atoms. The molecule has 76 valence electrons. The fourth-order valence-electron chi connectivity index (χ4n) is 0.722. The van der Waals surface area contributed by atoms with Gasteiger partial charge >= 0.3 is 12.0 Å². The lowest BCUT2D eigenvalue weighted by Crippen LogP contribution is -2.09. The van der Waals surface area contributed by atoms with E-state index in [0.717, 1.165) is 6.07 Å². The van der Waals surface area contributed by atoms with E-state index >= 15 is 0 Å². The molecule has 0 saturated carbocycles. The zero-order valence-corrected chi connectivity index (χ0v) is 7.96. The fourth-order valence-corrected chi connectivity index (χ4v) is 1.14. The minimum Gasteiger partial charge on any atom is -0.358 e. The highest BCUT2D eigenvalue weighted by molar-refractivity contribution is 9.10. The van der Waals surface area contributed by atoms with E-state index in [1.807, 2.05) is 0 Å². The number of alkyl halides is 3. The third-order valence-corrected chi connectivity index (χ3v) is 1.71. The maximum absolute atomic E-state index is 12.1. The van der Waals surface area contributed by atoms with E-state index in [0.29, 0.717) is 6.07 Å². The summed E-state index contributed by atoms with van der Waals surface area (Å²) in [6, 6.07) is 1.57. The molecule has 0 aliphatic heterocycles. The molecule has 0 N–H and O–H groups in total. The van der Waals surface area contributed by atoms with Gasteiger partial charge in [0.15, 0.2) is 0 Å². The molecule has 0 atom stereocenters. The van der Waals surface area contributed by atoms with Crippen LogP contribution in [0.15, 0.2) is 16.6 Å². The van der Waals surface area contributed by atoms with Gasteiger partial charge in [0.1, 0.15) is 0 Å². The van der Waals surface area contributed by atoms with E-state index in [2.05, 4.69) is 20.9 Å². The van der Waals surface area contributed by atoms with Crippen LogP contribution in [0.1, 0.15) is 5.69 Å². The number of pyridine rings is 1. The molecule has 1 rings (SSSR count). The topological polar surface area (TPSA) is 56.0 Å². The summed E-state index contributed by atoms with van der Waals surface area (Å²) in [5.74, 6) is -0.841. The normalized spacial score (nSPS) is 11.4. The van der Waals surface area contributed by atoms with Crippen molar-refractivity contribution in [3.05, 3.63) is 32.4 Å². The number of hydrogen-bond donors (Lipinski definition) is 0. The molecule has 0 saturated heterocycles. The lowest BCUT2D eigenvalue weighted by Gasteiger charge is -2.01. The molecule has 4 nitrogen and oxygen atoms in total. The van der Waals surface area contributed by atoms with Crippen molar-refractivity contribution >= 4 is 21.7 Å². The van der Waals surface area contributed by atoms with Crippen molar-refractivity contribution in [2.45, 2.75) is 6.18 Å². The Bertz CT molecular complexity index is 380. The summed E-state index contributed by atoms with van der Waals surface area (Å²) < 4.78 is 36.3. The molecule has 0 radical (unpaired) electrons. The lowest BCUT2D eigenvalue weighted by molar-refractivity contribution is -0.390. The molecule has 1 aromatic rings. The average Bonchev–Trinajstić information content (AvgIpc) is 2.01. The van der Waals surface area contributed by atoms with Crippen molar-refractivity contribution in [2.75, 3.05) is 0 Å². The van der Waals surface area contributed by atoms with Crippen LogP contribution in [0.3, 0.4) is 0 Å². The van der Waals surface area contributed by atoms with Crippen LogP contribution in [0.2, 0.25) is 0 Å². The second-order valence-electron chi connectivity index (χ2n) is 2.28. The molecule has 0 spiro atoms. The Morgan fingerprint density at radius 3 is 2.43 bits per heavy atom. The number of aromatic nitrogens is 1. The van der Waals surface area contributed by atoms with Gasteiger partial charge < -0.3 is 10.1 Å². The molecular weight excluding hydrogens is 269 g/mol. The van der Waals surface area contributed by atoms with Crippen LogP contribution in [0.25, 0.3) is 0 Å². The predicted molar refractivity (Wildman–Crippen MR) is 43.6 cm³/mol. The summed E-state index contributed by atoms with van der Waals surface area (Å²) in [5, 5.41) is 10.2. The Labute approximate surface area is 84.0 Å². The molecule has 0 aliphatic rings. The van der Waals surface area contributed by atoms with Crippen molar-refractivity contribution in [1.82, 2.24) is 4.98 Å². The fraction of sp³-hybridized carbons (Fsp3) is 0.167. The van der Waals surface area contributed by atoms with E-state index in [4.69, 9.17) is 0 Å². The van der Waals surface area contributed by atoms with E-state index in [9.17, 15) is 23.3 Å². The highest BCUT2D eigenvalue weighted by Gasteiger charge is 2.38. The third-order valence-electron chi connectivity index (χ3n) is 1.25. The van der Waals surface area contributed by atoms with E-state index in [-0.39, 0.29) is 4.47 Å². The van der Waals surface area contributed by atoms with Crippen LogP contribution < -0.4 is 0 Å². The van der Waals surface area contributed by atoms with Crippen LogP contribution in [-0.2, 0) is 6.18 Å². The maximum atomic E-state index is 12.1. The van der Waals surface area contributed by atoms with E-state index in [1.165, 1.54) is 0 Å². The molecule has 1 aromatic heterocycles. The highest BCUT2D eigenvalue weighted by atomic mass is 79.9. The van der Waals surface area contributed by atoms with Gasteiger partial charge in [-0.15, -0.1) is 0 Å². The molecule has 0 fully saturated rings. The molecule has 0 bridgehead atoms. The first-order valence-electron chi connectivity index (χ1n) is 3.20. The van der Waals surface area contributed by atoms with Gasteiger partial charge in [0.25, 0.3) is 5.69 Å². The van der Waals surface area contributed by atoms with Gasteiger partial charge in [-0.25, -0.2) is 0 Å². The average molecular weight is 271 g/mol. The quantitative estimate of drug-likeness (QED) is 0.582. The number of halogens is 4. The van der Waals surface area contributed by atoms with Crippen LogP contribution in [0.4, 0.5) is 19.0 Å². The molecule has 0 aromatic carbocycles. The van der Waals surface area contributed by atoms with Gasteiger partial charge in [-0.2, -0.15) is 13.2 Å².